The lowest BCUT2D eigenvalue weighted by Gasteiger charge is -2.30. The van der Waals surface area contributed by atoms with Crippen LogP contribution in [-0.2, 0) is 14.8 Å². The van der Waals surface area contributed by atoms with Crippen LogP contribution < -0.4 is 20.7 Å². The molecule has 40 heavy (non-hydrogen) atoms. The van der Waals surface area contributed by atoms with Crippen LogP contribution in [0.3, 0.4) is 0 Å². The van der Waals surface area contributed by atoms with Gasteiger partial charge in [-0.2, -0.15) is 0 Å². The number of nitrogens with zero attached hydrogens (tertiary/aromatic N) is 1. The number of hydrogen-bond donors (Lipinski definition) is 5. The van der Waals surface area contributed by atoms with Gasteiger partial charge in [0, 0.05) is 35.7 Å². The molecule has 11 nitrogen and oxygen atoms in total. The number of aromatic amines is 1. The second-order valence-corrected chi connectivity index (χ2v) is 11.4. The number of fused-ring (bicyclic) bond motifs is 1. The van der Waals surface area contributed by atoms with Crippen molar-refractivity contribution in [3.05, 3.63) is 84.3 Å². The van der Waals surface area contributed by atoms with Gasteiger partial charge in [0.25, 0.3) is 5.91 Å². The molecule has 208 valence electrons. The summed E-state index contributed by atoms with van der Waals surface area (Å²) >= 11 is 0. The number of benzene rings is 2. The van der Waals surface area contributed by atoms with E-state index in [1.165, 1.54) is 18.2 Å². The lowest BCUT2D eigenvalue weighted by atomic mass is 9.88. The molecule has 1 fully saturated rings. The molecule has 0 saturated carbocycles. The number of amides is 2. The number of rotatable bonds is 8. The predicted octanol–water partition coefficient (Wildman–Crippen LogP) is 4.48. The molecule has 0 radical (unpaired) electrons. The summed E-state index contributed by atoms with van der Waals surface area (Å²) < 4.78 is 32.0. The standard InChI is InChI=1S/C28H30N6O5S/c1-40(37,38)34-22-4-5-23(27(35)32-21-3-2-18-10-15-31-24(18)16-21)25(17-22)33-28(36)39-26(19-6-11-29-12-7-19)20-8-13-30-14-9-20/h2-7,10-12,15-17,20,26,30-31,34H,8-9,13-14H2,1H3,(H,32,35)(H,33,36). The minimum Gasteiger partial charge on any atom is -0.441 e. The molecular weight excluding hydrogens is 532 g/mol. The Hall–Kier alpha value is -4.42. The Labute approximate surface area is 231 Å². The van der Waals surface area contributed by atoms with E-state index in [2.05, 4.69) is 30.6 Å². The second kappa shape index (κ2) is 11.8. The minimum absolute atomic E-state index is 0.0934. The van der Waals surface area contributed by atoms with E-state index in [9.17, 15) is 18.0 Å². The molecule has 1 aliphatic rings. The maximum absolute atomic E-state index is 13.3. The molecule has 2 aromatic carbocycles. The third-order valence-corrected chi connectivity index (χ3v) is 7.30. The number of piperidine rings is 1. The zero-order valence-electron chi connectivity index (χ0n) is 21.8. The van der Waals surface area contributed by atoms with Gasteiger partial charge in [-0.1, -0.05) is 6.07 Å². The van der Waals surface area contributed by atoms with Crippen molar-refractivity contribution < 1.29 is 22.7 Å². The first-order valence-electron chi connectivity index (χ1n) is 12.8. The first-order valence-corrected chi connectivity index (χ1v) is 14.7. The van der Waals surface area contributed by atoms with Crippen molar-refractivity contribution in [3.8, 4) is 0 Å². The highest BCUT2D eigenvalue weighted by Crippen LogP contribution is 2.33. The Morgan fingerprint density at radius 2 is 1.73 bits per heavy atom. The molecule has 5 rings (SSSR count). The van der Waals surface area contributed by atoms with Gasteiger partial charge in [0.05, 0.1) is 23.2 Å². The normalized spacial score (nSPS) is 14.8. The maximum Gasteiger partial charge on any atom is 0.412 e. The fraction of sp³-hybridized carbons (Fsp3) is 0.250. The Balaban J connectivity index is 1.40. The molecule has 1 unspecified atom stereocenters. The van der Waals surface area contributed by atoms with Gasteiger partial charge in [-0.05, 0) is 85.4 Å². The summed E-state index contributed by atoms with van der Waals surface area (Å²) in [7, 11) is -3.60. The van der Waals surface area contributed by atoms with E-state index < -0.39 is 28.1 Å². The summed E-state index contributed by atoms with van der Waals surface area (Å²) in [4.78, 5) is 33.7. The molecule has 1 atom stereocenters. The molecule has 1 aliphatic heterocycles. The molecule has 0 aliphatic carbocycles. The molecule has 4 aromatic rings. The number of sulfonamides is 1. The van der Waals surface area contributed by atoms with Crippen molar-refractivity contribution in [1.29, 1.82) is 0 Å². The largest absolute Gasteiger partial charge is 0.441 e. The SMILES string of the molecule is CS(=O)(=O)Nc1ccc(C(=O)Nc2ccc3cc[nH]c3c2)c(NC(=O)OC(c2ccncc2)C2CCNCC2)c1. The van der Waals surface area contributed by atoms with Gasteiger partial charge in [0.15, 0.2) is 0 Å². The van der Waals surface area contributed by atoms with Gasteiger partial charge in [-0.25, -0.2) is 13.2 Å². The van der Waals surface area contributed by atoms with E-state index in [1.807, 2.05) is 24.3 Å². The molecule has 3 heterocycles. The van der Waals surface area contributed by atoms with Crippen molar-refractivity contribution >= 4 is 50.0 Å². The average molecular weight is 563 g/mol. The van der Waals surface area contributed by atoms with Crippen molar-refractivity contribution in [3.63, 3.8) is 0 Å². The predicted molar refractivity (Wildman–Crippen MR) is 154 cm³/mol. The van der Waals surface area contributed by atoms with Crippen molar-refractivity contribution in [1.82, 2.24) is 15.3 Å². The number of ether oxygens (including phenoxy) is 1. The maximum atomic E-state index is 13.3. The molecule has 12 heteroatoms. The molecule has 0 bridgehead atoms. The number of hydrogen-bond acceptors (Lipinski definition) is 7. The fourth-order valence-electron chi connectivity index (χ4n) is 4.84. The van der Waals surface area contributed by atoms with Crippen LogP contribution in [0.15, 0.2) is 73.2 Å². The Kier molecular flexibility index (Phi) is 7.99. The van der Waals surface area contributed by atoms with Gasteiger partial charge in [-0.3, -0.25) is 19.8 Å². The quantitative estimate of drug-likeness (QED) is 0.212. The smallest absolute Gasteiger partial charge is 0.412 e. The lowest BCUT2D eigenvalue weighted by molar-refractivity contribution is 0.0591. The van der Waals surface area contributed by atoms with Crippen molar-refractivity contribution in [2.45, 2.75) is 18.9 Å². The third-order valence-electron chi connectivity index (χ3n) is 6.70. The Morgan fingerprint density at radius 1 is 0.975 bits per heavy atom. The van der Waals surface area contributed by atoms with Crippen LogP contribution in [0.4, 0.5) is 21.9 Å². The Bertz CT molecular complexity index is 1620. The van der Waals surface area contributed by atoms with E-state index in [0.29, 0.717) is 5.69 Å². The third kappa shape index (κ3) is 6.77. The van der Waals surface area contributed by atoms with Crippen LogP contribution >= 0.6 is 0 Å². The zero-order chi connectivity index (χ0) is 28.1. The monoisotopic (exact) mass is 562 g/mol. The van der Waals surface area contributed by atoms with E-state index >= 15 is 0 Å². The summed E-state index contributed by atoms with van der Waals surface area (Å²) in [5, 5.41) is 9.82. The van der Waals surface area contributed by atoms with Gasteiger partial charge >= 0.3 is 6.09 Å². The van der Waals surface area contributed by atoms with Crippen molar-refractivity contribution in [2.24, 2.45) is 5.92 Å². The molecule has 2 amide bonds. The minimum atomic E-state index is -3.60. The fourth-order valence-corrected chi connectivity index (χ4v) is 5.39. The number of aromatic nitrogens is 2. The van der Waals surface area contributed by atoms with Crippen LogP contribution in [0.5, 0.6) is 0 Å². The number of nitrogens with one attached hydrogen (secondary N) is 5. The molecule has 1 saturated heterocycles. The topological polar surface area (TPSA) is 154 Å². The number of pyridine rings is 1. The summed E-state index contributed by atoms with van der Waals surface area (Å²) in [5.41, 5.74) is 2.64. The van der Waals surface area contributed by atoms with Crippen molar-refractivity contribution in [2.75, 3.05) is 34.7 Å². The van der Waals surface area contributed by atoms with E-state index in [1.54, 1.807) is 30.7 Å². The van der Waals surface area contributed by atoms with E-state index in [-0.39, 0.29) is 22.9 Å². The van der Waals surface area contributed by atoms with Gasteiger partial charge in [0.1, 0.15) is 6.10 Å². The molecule has 2 aromatic heterocycles. The van der Waals surface area contributed by atoms with E-state index in [0.717, 1.165) is 48.7 Å². The first kappa shape index (κ1) is 27.2. The highest BCUT2D eigenvalue weighted by atomic mass is 32.2. The average Bonchev–Trinajstić information content (AvgIpc) is 3.40. The number of H-pyrrole nitrogens is 1. The summed E-state index contributed by atoms with van der Waals surface area (Å²) in [5.74, 6) is -0.394. The van der Waals surface area contributed by atoms with Crippen LogP contribution in [0.2, 0.25) is 0 Å². The van der Waals surface area contributed by atoms with Crippen LogP contribution in [0.25, 0.3) is 10.9 Å². The molecular formula is C28H30N6O5S. The summed E-state index contributed by atoms with van der Waals surface area (Å²) in [6, 6.07) is 15.3. The first-order chi connectivity index (χ1) is 19.2. The summed E-state index contributed by atoms with van der Waals surface area (Å²) in [6.07, 6.45) is 6.49. The number of carbonyl (C=O) groups is 2. The highest BCUT2D eigenvalue weighted by molar-refractivity contribution is 7.92. The highest BCUT2D eigenvalue weighted by Gasteiger charge is 2.29. The number of carbonyl (C=O) groups excluding carboxylic acids is 2. The van der Waals surface area contributed by atoms with Gasteiger partial charge < -0.3 is 20.4 Å². The van der Waals surface area contributed by atoms with Crippen LogP contribution in [0.1, 0.15) is 34.9 Å². The second-order valence-electron chi connectivity index (χ2n) is 9.69. The Morgan fingerprint density at radius 3 is 2.48 bits per heavy atom. The number of anilines is 3. The van der Waals surface area contributed by atoms with Crippen LogP contribution in [0, 0.1) is 5.92 Å². The summed E-state index contributed by atoms with van der Waals surface area (Å²) in [6.45, 7) is 1.63. The lowest BCUT2D eigenvalue weighted by Crippen LogP contribution is -2.33. The molecule has 0 spiro atoms. The van der Waals surface area contributed by atoms with E-state index in [4.69, 9.17) is 4.74 Å². The van der Waals surface area contributed by atoms with Gasteiger partial charge in [-0.15, -0.1) is 0 Å². The van der Waals surface area contributed by atoms with Crippen LogP contribution in [-0.4, -0.2) is 49.7 Å². The van der Waals surface area contributed by atoms with Gasteiger partial charge in [0.2, 0.25) is 10.0 Å². The molecule has 5 N–H and O–H groups in total. The zero-order valence-corrected chi connectivity index (χ0v) is 22.6.